The highest BCUT2D eigenvalue weighted by Crippen LogP contribution is 2.42. The van der Waals surface area contributed by atoms with Crippen molar-refractivity contribution < 1.29 is 19.6 Å². The van der Waals surface area contributed by atoms with Crippen molar-refractivity contribution in [2.75, 3.05) is 0 Å². The molecule has 1 rings (SSSR count). The van der Waals surface area contributed by atoms with Crippen LogP contribution >= 0.6 is 0 Å². The van der Waals surface area contributed by atoms with Crippen molar-refractivity contribution in [3.8, 4) is 0 Å². The molecule has 2 unspecified atom stereocenters. The first-order chi connectivity index (χ1) is 10.1. The van der Waals surface area contributed by atoms with Crippen LogP contribution in [-0.2, 0) is 19.6 Å². The van der Waals surface area contributed by atoms with E-state index in [1.165, 1.54) is 0 Å². The fourth-order valence-corrected chi connectivity index (χ4v) is 2.34. The van der Waals surface area contributed by atoms with E-state index in [0.29, 0.717) is 5.92 Å². The van der Waals surface area contributed by atoms with Gasteiger partial charge in [0.15, 0.2) is 0 Å². The summed E-state index contributed by atoms with van der Waals surface area (Å²) in [6.45, 7) is 16.7. The lowest BCUT2D eigenvalue weighted by Gasteiger charge is -2.43. The van der Waals surface area contributed by atoms with Crippen molar-refractivity contribution in [2.24, 2.45) is 11.8 Å². The summed E-state index contributed by atoms with van der Waals surface area (Å²) in [4.78, 5) is 23.2. The summed E-state index contributed by atoms with van der Waals surface area (Å²) in [5.41, 5.74) is -0.668. The van der Waals surface area contributed by atoms with Crippen LogP contribution in [0.15, 0.2) is 0 Å². The molecule has 1 fully saturated rings. The second kappa shape index (κ2) is 7.61. The Morgan fingerprint density at radius 1 is 0.909 bits per heavy atom. The van der Waals surface area contributed by atoms with E-state index in [1.807, 2.05) is 27.7 Å². The minimum absolute atomic E-state index is 0.219. The largest absolute Gasteiger partial charge is 0.236 e. The topological polar surface area (TPSA) is 36.9 Å². The number of hydrogen-bond acceptors (Lipinski definition) is 4. The SMILES string of the molecule is CCC(C)(C)OOC1(OOC(C)(C)CC)CCC(C)CC1C. The summed E-state index contributed by atoms with van der Waals surface area (Å²) in [5.74, 6) is 0.0797. The van der Waals surface area contributed by atoms with Crippen molar-refractivity contribution in [3.05, 3.63) is 0 Å². The van der Waals surface area contributed by atoms with Crippen LogP contribution in [0.3, 0.4) is 0 Å². The Morgan fingerprint density at radius 2 is 1.36 bits per heavy atom. The molecule has 0 aliphatic heterocycles. The highest BCUT2D eigenvalue weighted by molar-refractivity contribution is 4.83. The Balaban J connectivity index is 2.81. The molecule has 0 spiro atoms. The Morgan fingerprint density at radius 3 is 1.73 bits per heavy atom. The second-order valence-electron chi connectivity index (χ2n) is 8.15. The average molecular weight is 316 g/mol. The van der Waals surface area contributed by atoms with Gasteiger partial charge in [0.25, 0.3) is 0 Å². The van der Waals surface area contributed by atoms with Gasteiger partial charge in [-0.05, 0) is 59.3 Å². The van der Waals surface area contributed by atoms with E-state index in [0.717, 1.165) is 32.1 Å². The van der Waals surface area contributed by atoms with E-state index in [-0.39, 0.29) is 17.1 Å². The Kier molecular flexibility index (Phi) is 6.88. The van der Waals surface area contributed by atoms with Gasteiger partial charge < -0.3 is 0 Å². The molecule has 1 aliphatic rings. The smallest absolute Gasteiger partial charge is 0.228 e. The van der Waals surface area contributed by atoms with Crippen LogP contribution < -0.4 is 0 Å². The van der Waals surface area contributed by atoms with E-state index < -0.39 is 5.79 Å². The van der Waals surface area contributed by atoms with Gasteiger partial charge in [0.2, 0.25) is 5.79 Å². The van der Waals surface area contributed by atoms with Gasteiger partial charge in [-0.2, -0.15) is 9.78 Å². The molecule has 132 valence electrons. The lowest BCUT2D eigenvalue weighted by molar-refractivity contribution is -0.558. The molecule has 0 aromatic carbocycles. The summed E-state index contributed by atoms with van der Waals surface area (Å²) in [6.07, 6.45) is 4.63. The lowest BCUT2D eigenvalue weighted by atomic mass is 9.79. The molecule has 0 N–H and O–H groups in total. The van der Waals surface area contributed by atoms with Crippen molar-refractivity contribution in [2.45, 2.75) is 104 Å². The quantitative estimate of drug-likeness (QED) is 0.341. The van der Waals surface area contributed by atoms with Crippen LogP contribution in [-0.4, -0.2) is 17.0 Å². The molecule has 0 aromatic rings. The molecule has 4 nitrogen and oxygen atoms in total. The average Bonchev–Trinajstić information content (AvgIpc) is 2.46. The normalized spacial score (nSPS) is 26.2. The van der Waals surface area contributed by atoms with E-state index in [1.54, 1.807) is 0 Å². The van der Waals surface area contributed by atoms with Crippen molar-refractivity contribution >= 4 is 0 Å². The van der Waals surface area contributed by atoms with Crippen molar-refractivity contribution in [1.29, 1.82) is 0 Å². The highest BCUT2D eigenvalue weighted by Gasteiger charge is 2.47. The van der Waals surface area contributed by atoms with Gasteiger partial charge in [-0.3, -0.25) is 0 Å². The van der Waals surface area contributed by atoms with Crippen molar-refractivity contribution in [3.63, 3.8) is 0 Å². The second-order valence-corrected chi connectivity index (χ2v) is 8.15. The Hall–Kier alpha value is -0.160. The Bertz CT molecular complexity index is 318. The zero-order valence-corrected chi connectivity index (χ0v) is 15.8. The van der Waals surface area contributed by atoms with Gasteiger partial charge in [0.1, 0.15) is 0 Å². The third-order valence-corrected chi connectivity index (χ3v) is 5.01. The standard InChI is InChI=1S/C18H36O4/c1-9-16(5,6)19-21-18(22-20-17(7,8)10-2)12-11-14(3)13-15(18)4/h14-15H,9-13H2,1-8H3. The predicted molar refractivity (Wildman–Crippen MR) is 88.0 cm³/mol. The molecule has 1 saturated carbocycles. The molecule has 0 saturated heterocycles. The van der Waals surface area contributed by atoms with Crippen molar-refractivity contribution in [1.82, 2.24) is 0 Å². The molecule has 0 aromatic heterocycles. The molecule has 22 heavy (non-hydrogen) atoms. The van der Waals surface area contributed by atoms with Gasteiger partial charge in [0, 0.05) is 12.3 Å². The minimum Gasteiger partial charge on any atom is -0.228 e. The zero-order valence-electron chi connectivity index (χ0n) is 15.8. The first-order valence-electron chi connectivity index (χ1n) is 8.79. The van der Waals surface area contributed by atoms with Crippen LogP contribution in [0.1, 0.15) is 87.5 Å². The Labute approximate surface area is 136 Å². The maximum absolute atomic E-state index is 5.88. The molecule has 0 amide bonds. The monoisotopic (exact) mass is 316 g/mol. The molecule has 4 heteroatoms. The first kappa shape index (κ1) is 19.9. The fraction of sp³-hybridized carbons (Fsp3) is 1.00. The summed E-state index contributed by atoms with van der Waals surface area (Å²) < 4.78 is 0. The summed E-state index contributed by atoms with van der Waals surface area (Å²) >= 11 is 0. The summed E-state index contributed by atoms with van der Waals surface area (Å²) in [7, 11) is 0. The van der Waals surface area contributed by atoms with E-state index in [9.17, 15) is 0 Å². The molecular weight excluding hydrogens is 280 g/mol. The third-order valence-electron chi connectivity index (χ3n) is 5.01. The van der Waals surface area contributed by atoms with Crippen LogP contribution in [0.5, 0.6) is 0 Å². The van der Waals surface area contributed by atoms with Gasteiger partial charge in [-0.15, -0.1) is 0 Å². The minimum atomic E-state index is -0.814. The zero-order chi connectivity index (χ0) is 17.0. The summed E-state index contributed by atoms with van der Waals surface area (Å²) in [6, 6.07) is 0. The number of hydrogen-bond donors (Lipinski definition) is 0. The van der Waals surface area contributed by atoms with E-state index >= 15 is 0 Å². The maximum atomic E-state index is 5.88. The van der Waals surface area contributed by atoms with Crippen LogP contribution in [0, 0.1) is 11.8 Å². The van der Waals surface area contributed by atoms with Crippen LogP contribution in [0.25, 0.3) is 0 Å². The van der Waals surface area contributed by atoms with E-state index in [4.69, 9.17) is 19.6 Å². The molecule has 0 radical (unpaired) electrons. The molecule has 0 heterocycles. The van der Waals surface area contributed by atoms with Crippen LogP contribution in [0.2, 0.25) is 0 Å². The predicted octanol–water partition coefficient (Wildman–Crippen LogP) is 5.41. The molecular formula is C18H36O4. The third kappa shape index (κ3) is 5.48. The molecule has 2 atom stereocenters. The lowest BCUT2D eigenvalue weighted by Crippen LogP contribution is -2.49. The van der Waals surface area contributed by atoms with Gasteiger partial charge in [-0.25, -0.2) is 9.78 Å². The first-order valence-corrected chi connectivity index (χ1v) is 8.79. The summed E-state index contributed by atoms with van der Waals surface area (Å²) in [5, 5.41) is 0. The van der Waals surface area contributed by atoms with Crippen LogP contribution in [0.4, 0.5) is 0 Å². The maximum Gasteiger partial charge on any atom is 0.236 e. The molecule has 0 bridgehead atoms. The number of rotatable bonds is 8. The van der Waals surface area contributed by atoms with Gasteiger partial charge in [0.05, 0.1) is 11.2 Å². The van der Waals surface area contributed by atoms with Gasteiger partial charge in [-0.1, -0.05) is 27.7 Å². The highest BCUT2D eigenvalue weighted by atomic mass is 17.3. The van der Waals surface area contributed by atoms with E-state index in [2.05, 4.69) is 27.7 Å². The van der Waals surface area contributed by atoms with Gasteiger partial charge >= 0.3 is 0 Å². The fourth-order valence-electron chi connectivity index (χ4n) is 2.34. The molecule has 1 aliphatic carbocycles.